The van der Waals surface area contributed by atoms with Crippen molar-refractivity contribution >= 4 is 34.9 Å². The van der Waals surface area contributed by atoms with Crippen LogP contribution in [0, 0.1) is 5.82 Å². The van der Waals surface area contributed by atoms with Gasteiger partial charge >= 0.3 is 6.18 Å². The number of aliphatic hydroxyl groups excluding tert-OH is 1. The molecule has 0 fully saturated rings. The molecule has 2 amide bonds. The zero-order chi connectivity index (χ0) is 28.8. The minimum Gasteiger partial charge on any atom is -0.393 e. The van der Waals surface area contributed by atoms with Crippen LogP contribution in [0.3, 0.4) is 0 Å². The Hall–Kier alpha value is -3.61. The van der Waals surface area contributed by atoms with Gasteiger partial charge in [-0.25, -0.2) is 13.8 Å². The number of rotatable bonds is 4. The van der Waals surface area contributed by atoms with Gasteiger partial charge in [-0.3, -0.25) is 9.59 Å². The Labute approximate surface area is 223 Å². The Bertz CT molecular complexity index is 1430. The molecule has 0 saturated heterocycles. The van der Waals surface area contributed by atoms with Crippen molar-refractivity contribution in [1.82, 2.24) is 4.98 Å². The van der Waals surface area contributed by atoms with Gasteiger partial charge in [0.25, 0.3) is 11.8 Å². The Morgan fingerprint density at radius 2 is 1.87 bits per heavy atom. The zero-order valence-electron chi connectivity index (χ0n) is 20.2. The van der Waals surface area contributed by atoms with Crippen LogP contribution in [0.5, 0.6) is 0 Å². The molecule has 13 heteroatoms. The molecule has 2 aromatic carbocycles. The predicted octanol–water partition coefficient (Wildman–Crippen LogP) is 5.10. The number of fused-ring (bicyclic) bond motifs is 1. The first-order valence-electron chi connectivity index (χ1n) is 11.5. The molecule has 0 saturated carbocycles. The first kappa shape index (κ1) is 28.4. The highest BCUT2D eigenvalue weighted by atomic mass is 35.5. The topological polar surface area (TPSA) is 103 Å². The van der Waals surface area contributed by atoms with Crippen LogP contribution in [0.1, 0.15) is 45.2 Å². The number of benzene rings is 2. The van der Waals surface area contributed by atoms with Gasteiger partial charge in [0.1, 0.15) is 22.9 Å². The molecule has 3 aromatic rings. The second-order valence-corrected chi connectivity index (χ2v) is 9.59. The first-order valence-corrected chi connectivity index (χ1v) is 11.8. The highest BCUT2D eigenvalue weighted by Crippen LogP contribution is 2.46. The molecular weight excluding hydrogens is 549 g/mol. The number of hydrogen-bond donors (Lipinski definition) is 3. The fourth-order valence-electron chi connectivity index (χ4n) is 4.35. The van der Waals surface area contributed by atoms with Crippen LogP contribution in [-0.2, 0) is 11.8 Å². The standard InChI is InChI=1S/C26H21ClF5N3O4/c1-24(29)8-9-35(20-6-3-15(27)10-19(20)25(24,39)13-36)23(38)14-2-7-21(33-12-14)34-22(37)17-11-16(28)4-5-18(17)26(30,31)32/h2-7,10-12,36,39H,8-9,13H2,1H3,(H,33,34,37)/t24?,25-/m0/s1. The summed E-state index contributed by atoms with van der Waals surface area (Å²) in [5.74, 6) is -3.20. The smallest absolute Gasteiger partial charge is 0.393 e. The van der Waals surface area contributed by atoms with Crippen molar-refractivity contribution in [1.29, 1.82) is 0 Å². The number of halogens is 6. The fraction of sp³-hybridized carbons (Fsp3) is 0.269. The molecule has 4 rings (SSSR count). The van der Waals surface area contributed by atoms with E-state index in [-0.39, 0.29) is 40.6 Å². The van der Waals surface area contributed by atoms with Crippen LogP contribution in [0.2, 0.25) is 5.02 Å². The number of amides is 2. The maximum absolute atomic E-state index is 15.5. The quantitative estimate of drug-likeness (QED) is 0.379. The molecule has 206 valence electrons. The van der Waals surface area contributed by atoms with Crippen LogP contribution < -0.4 is 10.2 Å². The molecule has 0 aliphatic carbocycles. The highest BCUT2D eigenvalue weighted by Gasteiger charge is 2.52. The van der Waals surface area contributed by atoms with E-state index < -0.39 is 52.8 Å². The van der Waals surface area contributed by atoms with Gasteiger partial charge in [0.05, 0.1) is 29.0 Å². The molecular formula is C26H21ClF5N3O4. The number of aliphatic hydroxyl groups is 2. The number of anilines is 2. The van der Waals surface area contributed by atoms with Crippen molar-refractivity contribution in [2.75, 3.05) is 23.4 Å². The zero-order valence-corrected chi connectivity index (χ0v) is 20.9. The molecule has 3 N–H and O–H groups in total. The van der Waals surface area contributed by atoms with Crippen molar-refractivity contribution in [3.63, 3.8) is 0 Å². The van der Waals surface area contributed by atoms with Crippen molar-refractivity contribution in [3.8, 4) is 0 Å². The summed E-state index contributed by atoms with van der Waals surface area (Å²) >= 11 is 6.05. The van der Waals surface area contributed by atoms with E-state index in [1.54, 1.807) is 0 Å². The summed E-state index contributed by atoms with van der Waals surface area (Å²) in [5.41, 5.74) is -7.02. The minimum atomic E-state index is -4.91. The molecule has 0 radical (unpaired) electrons. The molecule has 1 aromatic heterocycles. The van der Waals surface area contributed by atoms with Crippen LogP contribution in [0.4, 0.5) is 33.5 Å². The van der Waals surface area contributed by atoms with E-state index in [0.717, 1.165) is 19.2 Å². The average molecular weight is 570 g/mol. The van der Waals surface area contributed by atoms with Gasteiger partial charge < -0.3 is 20.4 Å². The number of nitrogens with one attached hydrogen (secondary N) is 1. The number of pyridine rings is 1. The fourth-order valence-corrected chi connectivity index (χ4v) is 4.52. The third-order valence-corrected chi connectivity index (χ3v) is 6.85. The number of nitrogens with zero attached hydrogens (tertiary/aromatic N) is 2. The number of hydrogen-bond acceptors (Lipinski definition) is 5. The van der Waals surface area contributed by atoms with E-state index in [4.69, 9.17) is 11.6 Å². The summed E-state index contributed by atoms with van der Waals surface area (Å²) in [5, 5.41) is 23.2. The largest absolute Gasteiger partial charge is 0.417 e. The predicted molar refractivity (Wildman–Crippen MR) is 132 cm³/mol. The monoisotopic (exact) mass is 569 g/mol. The summed E-state index contributed by atoms with van der Waals surface area (Å²) in [6.07, 6.45) is -4.21. The van der Waals surface area contributed by atoms with Crippen LogP contribution in [-0.4, -0.2) is 45.8 Å². The Morgan fingerprint density at radius 3 is 2.49 bits per heavy atom. The van der Waals surface area contributed by atoms with Crippen LogP contribution >= 0.6 is 11.6 Å². The lowest BCUT2D eigenvalue weighted by molar-refractivity contribution is -0.137. The summed E-state index contributed by atoms with van der Waals surface area (Å²) in [6.45, 7) is -0.0720. The lowest BCUT2D eigenvalue weighted by atomic mass is 9.79. The lowest BCUT2D eigenvalue weighted by Crippen LogP contribution is -2.49. The van der Waals surface area contributed by atoms with Gasteiger partial charge in [0, 0.05) is 29.7 Å². The van der Waals surface area contributed by atoms with E-state index >= 15 is 4.39 Å². The third-order valence-electron chi connectivity index (χ3n) is 6.62. The van der Waals surface area contributed by atoms with Crippen LogP contribution in [0.25, 0.3) is 0 Å². The minimum absolute atomic E-state index is 0.0364. The Morgan fingerprint density at radius 1 is 1.15 bits per heavy atom. The average Bonchev–Trinajstić information content (AvgIpc) is 2.96. The lowest BCUT2D eigenvalue weighted by Gasteiger charge is -2.37. The molecule has 0 spiro atoms. The van der Waals surface area contributed by atoms with E-state index in [0.29, 0.717) is 18.2 Å². The van der Waals surface area contributed by atoms with Gasteiger partial charge in [-0.2, -0.15) is 13.2 Å². The summed E-state index contributed by atoms with van der Waals surface area (Å²) in [6, 6.07) is 7.96. The summed E-state index contributed by atoms with van der Waals surface area (Å²) < 4.78 is 68.9. The van der Waals surface area contributed by atoms with Crippen molar-refractivity contribution in [3.05, 3.63) is 87.8 Å². The normalized spacial score (nSPS) is 21.2. The van der Waals surface area contributed by atoms with Crippen LogP contribution in [0.15, 0.2) is 54.7 Å². The molecule has 2 atom stereocenters. The summed E-state index contributed by atoms with van der Waals surface area (Å²) in [4.78, 5) is 30.9. The van der Waals surface area contributed by atoms with Gasteiger partial charge in [-0.05, 0) is 55.5 Å². The molecule has 39 heavy (non-hydrogen) atoms. The maximum Gasteiger partial charge on any atom is 0.417 e. The van der Waals surface area contributed by atoms with E-state index in [2.05, 4.69) is 10.3 Å². The number of alkyl halides is 4. The first-order chi connectivity index (χ1) is 18.2. The molecule has 1 aliphatic heterocycles. The van der Waals surface area contributed by atoms with Gasteiger partial charge in [-0.15, -0.1) is 0 Å². The van der Waals surface area contributed by atoms with Gasteiger partial charge in [0.15, 0.2) is 0 Å². The Kier molecular flexibility index (Phi) is 7.41. The molecule has 1 aliphatic rings. The number of carbonyl (C=O) groups is 2. The van der Waals surface area contributed by atoms with Gasteiger partial charge in [-0.1, -0.05) is 11.6 Å². The third kappa shape index (κ3) is 5.32. The molecule has 0 bridgehead atoms. The second-order valence-electron chi connectivity index (χ2n) is 9.16. The molecule has 1 unspecified atom stereocenters. The SMILES string of the molecule is CC1(F)CCN(C(=O)c2ccc(NC(=O)c3cc(F)ccc3C(F)(F)F)nc2)c2ccc(Cl)cc2[C@@]1(O)CO. The van der Waals surface area contributed by atoms with Gasteiger partial charge in [0.2, 0.25) is 0 Å². The highest BCUT2D eigenvalue weighted by molar-refractivity contribution is 6.30. The second kappa shape index (κ2) is 10.2. The maximum atomic E-state index is 15.5. The van der Waals surface area contributed by atoms with Crippen molar-refractivity contribution in [2.45, 2.75) is 30.8 Å². The van der Waals surface area contributed by atoms with E-state index in [1.165, 1.54) is 29.2 Å². The van der Waals surface area contributed by atoms with Crippen molar-refractivity contribution in [2.24, 2.45) is 0 Å². The van der Waals surface area contributed by atoms with E-state index in [9.17, 15) is 37.4 Å². The number of carbonyl (C=O) groups excluding carboxylic acids is 2. The summed E-state index contributed by atoms with van der Waals surface area (Å²) in [7, 11) is 0. The van der Waals surface area contributed by atoms with Crippen molar-refractivity contribution < 1.29 is 41.8 Å². The van der Waals surface area contributed by atoms with E-state index in [1.807, 2.05) is 0 Å². The number of aromatic nitrogens is 1. The molecule has 2 heterocycles. The Balaban J connectivity index is 1.62. The molecule has 7 nitrogen and oxygen atoms in total.